The summed E-state index contributed by atoms with van der Waals surface area (Å²) in [6.07, 6.45) is -1.34. The zero-order valence-corrected chi connectivity index (χ0v) is 9.72. The van der Waals surface area contributed by atoms with Crippen molar-refractivity contribution in [3.63, 3.8) is 0 Å². The van der Waals surface area contributed by atoms with E-state index in [1.54, 1.807) is 6.07 Å². The highest BCUT2D eigenvalue weighted by molar-refractivity contribution is 6.36. The lowest BCUT2D eigenvalue weighted by Gasteiger charge is -2.12. The third-order valence-electron chi connectivity index (χ3n) is 2.22. The molecule has 98 valence electrons. The molecule has 0 spiro atoms. The molecule has 0 saturated heterocycles. The smallest absolute Gasteiger partial charge is 0.409 e. The van der Waals surface area contributed by atoms with Gasteiger partial charge < -0.3 is 15.5 Å². The number of benzene rings is 1. The summed E-state index contributed by atoms with van der Waals surface area (Å²) in [7, 11) is 0. The number of nitrogens with zero attached hydrogens (tertiary/aromatic N) is 1. The van der Waals surface area contributed by atoms with E-state index in [0.29, 0.717) is 5.56 Å². The minimum Gasteiger partial charge on any atom is -0.474 e. The molecule has 1 aromatic carbocycles. The molecule has 4 N–H and O–H groups in total. The molecule has 0 heterocycles. The van der Waals surface area contributed by atoms with Crippen LogP contribution >= 0.6 is 0 Å². The molecule has 0 bridgehead atoms. The summed E-state index contributed by atoms with van der Waals surface area (Å²) < 4.78 is 0. The topological polar surface area (TPSA) is 140 Å². The van der Waals surface area contributed by atoms with Crippen LogP contribution in [-0.4, -0.2) is 28.2 Å². The van der Waals surface area contributed by atoms with E-state index in [1.807, 2.05) is 0 Å². The van der Waals surface area contributed by atoms with Crippen molar-refractivity contribution < 1.29 is 24.6 Å². The third kappa shape index (κ3) is 3.44. The second-order valence-electron chi connectivity index (χ2n) is 3.50. The van der Waals surface area contributed by atoms with Gasteiger partial charge in [-0.1, -0.05) is 0 Å². The van der Waals surface area contributed by atoms with Gasteiger partial charge in [0.1, 0.15) is 0 Å². The second-order valence-corrected chi connectivity index (χ2v) is 3.50. The lowest BCUT2D eigenvalue weighted by atomic mass is 10.1. The number of hydrogen-bond acceptors (Lipinski definition) is 4. The molecule has 0 aliphatic carbocycles. The third-order valence-corrected chi connectivity index (χ3v) is 2.22. The highest BCUT2D eigenvalue weighted by atomic mass is 16.4. The lowest BCUT2D eigenvalue weighted by molar-refractivity contribution is -0.147. The lowest BCUT2D eigenvalue weighted by Crippen LogP contribution is -2.22. The summed E-state index contributed by atoms with van der Waals surface area (Å²) in [5.74, 6) is -2.96. The Kier molecular flexibility index (Phi) is 4.05. The summed E-state index contributed by atoms with van der Waals surface area (Å²) in [6.45, 7) is 1.48. The number of carboxylic acids is 1. The van der Waals surface area contributed by atoms with Crippen LogP contribution in [-0.2, 0) is 9.59 Å². The predicted molar refractivity (Wildman–Crippen MR) is 63.8 cm³/mol. The van der Waals surface area contributed by atoms with Crippen LogP contribution < -0.4 is 10.6 Å². The van der Waals surface area contributed by atoms with Crippen LogP contribution in [0.15, 0.2) is 12.1 Å². The molecule has 0 fully saturated rings. The maximum Gasteiger partial charge on any atom is 0.409 e. The van der Waals surface area contributed by atoms with Crippen LogP contribution in [0.1, 0.15) is 11.1 Å². The van der Waals surface area contributed by atoms with E-state index in [-0.39, 0.29) is 16.9 Å². The Morgan fingerprint density at radius 3 is 2.11 bits per heavy atom. The molecule has 1 rings (SSSR count). The van der Waals surface area contributed by atoms with E-state index in [0.717, 1.165) is 0 Å². The monoisotopic (exact) mass is 263 g/mol. The van der Waals surface area contributed by atoms with Gasteiger partial charge in [0.25, 0.3) is 0 Å². The van der Waals surface area contributed by atoms with E-state index < -0.39 is 18.0 Å². The second kappa shape index (κ2) is 5.50. The summed E-state index contributed by atoms with van der Waals surface area (Å²) in [4.78, 5) is 32.1. The number of nitrogens with one attached hydrogen (secondary N) is 2. The van der Waals surface area contributed by atoms with Crippen molar-refractivity contribution in [2.75, 3.05) is 10.6 Å². The number of rotatable bonds is 2. The van der Waals surface area contributed by atoms with Gasteiger partial charge in [-0.05, 0) is 24.6 Å². The van der Waals surface area contributed by atoms with Gasteiger partial charge in [-0.3, -0.25) is 10.1 Å². The molecule has 0 aliphatic heterocycles. The number of carbonyl (C=O) groups is 3. The first-order valence-corrected chi connectivity index (χ1v) is 4.94. The fourth-order valence-corrected chi connectivity index (χ4v) is 1.33. The molecule has 0 radical (unpaired) electrons. The number of hydrogen-bond donors (Lipinski definition) is 4. The molecule has 0 aromatic heterocycles. The van der Waals surface area contributed by atoms with E-state index >= 15 is 0 Å². The maximum absolute atomic E-state index is 11.1. The Morgan fingerprint density at radius 1 is 1.16 bits per heavy atom. The predicted octanol–water partition coefficient (Wildman–Crippen LogP) is 0.980. The summed E-state index contributed by atoms with van der Waals surface area (Å²) in [5, 5.41) is 30.1. The molecule has 8 nitrogen and oxygen atoms in total. The van der Waals surface area contributed by atoms with Gasteiger partial charge in [-0.15, -0.1) is 0 Å². The van der Waals surface area contributed by atoms with Gasteiger partial charge in [0, 0.05) is 5.69 Å². The van der Waals surface area contributed by atoms with Gasteiger partial charge in [0.2, 0.25) is 0 Å². The van der Waals surface area contributed by atoms with Gasteiger partial charge in [0.05, 0.1) is 17.3 Å². The van der Waals surface area contributed by atoms with E-state index in [1.165, 1.54) is 19.1 Å². The van der Waals surface area contributed by atoms with Crippen molar-refractivity contribution in [1.29, 1.82) is 5.26 Å². The Labute approximate surface area is 107 Å². The number of anilines is 2. The minimum absolute atomic E-state index is 0.0511. The van der Waals surface area contributed by atoms with Crippen LogP contribution in [0.25, 0.3) is 0 Å². The number of amides is 2. The SMILES string of the molecule is Cc1c(NC(=O)O)cc(C#N)cc1NC(=O)C(=O)O. The van der Waals surface area contributed by atoms with Gasteiger partial charge in [0.15, 0.2) is 0 Å². The first-order valence-electron chi connectivity index (χ1n) is 4.94. The average Bonchev–Trinajstić information content (AvgIpc) is 2.33. The molecule has 2 amide bonds. The minimum atomic E-state index is -1.69. The van der Waals surface area contributed by atoms with Crippen LogP contribution in [0, 0.1) is 18.3 Å². The van der Waals surface area contributed by atoms with Crippen LogP contribution in [0.2, 0.25) is 0 Å². The van der Waals surface area contributed by atoms with Crippen LogP contribution in [0.4, 0.5) is 16.2 Å². The van der Waals surface area contributed by atoms with Crippen molar-refractivity contribution in [2.24, 2.45) is 0 Å². The van der Waals surface area contributed by atoms with Crippen LogP contribution in [0.3, 0.4) is 0 Å². The van der Waals surface area contributed by atoms with Crippen molar-refractivity contribution in [2.45, 2.75) is 6.92 Å². The van der Waals surface area contributed by atoms with Gasteiger partial charge >= 0.3 is 18.0 Å². The van der Waals surface area contributed by atoms with Crippen molar-refractivity contribution in [3.8, 4) is 6.07 Å². The highest BCUT2D eigenvalue weighted by Crippen LogP contribution is 2.25. The van der Waals surface area contributed by atoms with Crippen molar-refractivity contribution >= 4 is 29.3 Å². The van der Waals surface area contributed by atoms with Gasteiger partial charge in [-0.25, -0.2) is 9.59 Å². The highest BCUT2D eigenvalue weighted by Gasteiger charge is 2.15. The number of carbonyl (C=O) groups excluding carboxylic acids is 1. The molecule has 8 heteroatoms. The molecule has 19 heavy (non-hydrogen) atoms. The Balaban J connectivity index is 3.23. The number of aliphatic carboxylic acids is 1. The maximum atomic E-state index is 11.1. The Hall–Kier alpha value is -3.08. The van der Waals surface area contributed by atoms with Gasteiger partial charge in [-0.2, -0.15) is 5.26 Å². The molecule has 0 unspecified atom stereocenters. The molecular formula is C11H9N3O5. The fraction of sp³-hybridized carbons (Fsp3) is 0.0909. The van der Waals surface area contributed by atoms with E-state index in [2.05, 4.69) is 10.6 Å². The Morgan fingerprint density at radius 2 is 1.68 bits per heavy atom. The zero-order chi connectivity index (χ0) is 14.6. The summed E-state index contributed by atoms with van der Waals surface area (Å²) in [5.41, 5.74) is 0.522. The van der Waals surface area contributed by atoms with Crippen molar-refractivity contribution in [1.82, 2.24) is 0 Å². The first kappa shape index (κ1) is 14.0. The normalized spacial score (nSPS) is 9.26. The molecule has 0 saturated carbocycles. The fourth-order valence-electron chi connectivity index (χ4n) is 1.33. The van der Waals surface area contributed by atoms with Crippen molar-refractivity contribution in [3.05, 3.63) is 23.3 Å². The molecule has 0 atom stereocenters. The molecule has 1 aromatic rings. The zero-order valence-electron chi connectivity index (χ0n) is 9.72. The molecular weight excluding hydrogens is 254 g/mol. The molecule has 0 aliphatic rings. The summed E-state index contributed by atoms with van der Waals surface area (Å²) in [6, 6.07) is 4.31. The first-order chi connectivity index (χ1) is 8.85. The van der Waals surface area contributed by atoms with E-state index in [9.17, 15) is 14.4 Å². The van der Waals surface area contributed by atoms with Crippen LogP contribution in [0.5, 0.6) is 0 Å². The summed E-state index contributed by atoms with van der Waals surface area (Å²) >= 11 is 0. The Bertz CT molecular complexity index is 603. The number of nitriles is 1. The standard InChI is InChI=1S/C11H9N3O5/c1-5-7(13-9(15)10(16)17)2-6(4-12)3-8(5)14-11(18)19/h2-3,14H,1H3,(H,13,15)(H,16,17)(H,18,19). The number of carboxylic acid groups (broad SMARTS) is 2. The quantitative estimate of drug-likeness (QED) is 0.586. The average molecular weight is 263 g/mol. The van der Waals surface area contributed by atoms with E-state index in [4.69, 9.17) is 15.5 Å². The largest absolute Gasteiger partial charge is 0.474 e.